The first-order valence-electron chi connectivity index (χ1n) is 6.31. The van der Waals surface area contributed by atoms with Crippen LogP contribution in [-0.2, 0) is 6.54 Å². The van der Waals surface area contributed by atoms with Gasteiger partial charge in [-0.15, -0.1) is 0 Å². The molecular formula is C15H22N2. The third-order valence-electron chi connectivity index (χ3n) is 3.25. The van der Waals surface area contributed by atoms with Gasteiger partial charge in [-0.1, -0.05) is 26.0 Å². The Morgan fingerprint density at radius 2 is 1.94 bits per heavy atom. The van der Waals surface area contributed by atoms with Crippen molar-refractivity contribution in [1.29, 1.82) is 0 Å². The molecule has 0 aliphatic heterocycles. The van der Waals surface area contributed by atoms with Crippen molar-refractivity contribution in [3.8, 4) is 0 Å². The molecule has 0 N–H and O–H groups in total. The fourth-order valence-electron chi connectivity index (χ4n) is 2.06. The van der Waals surface area contributed by atoms with Crippen LogP contribution in [0.15, 0.2) is 30.5 Å². The molecular weight excluding hydrogens is 208 g/mol. The normalized spacial score (nSPS) is 11.9. The molecule has 2 heteroatoms. The van der Waals surface area contributed by atoms with E-state index in [1.165, 1.54) is 16.5 Å². The summed E-state index contributed by atoms with van der Waals surface area (Å²) in [5, 5.41) is 1.34. The van der Waals surface area contributed by atoms with E-state index < -0.39 is 0 Å². The molecule has 0 radical (unpaired) electrons. The van der Waals surface area contributed by atoms with Gasteiger partial charge in [0.05, 0.1) is 0 Å². The van der Waals surface area contributed by atoms with E-state index in [0.717, 1.165) is 13.1 Å². The zero-order valence-electron chi connectivity index (χ0n) is 11.3. The summed E-state index contributed by atoms with van der Waals surface area (Å²) in [4.78, 5) is 2.22. The molecule has 2 aromatic rings. The monoisotopic (exact) mass is 230 g/mol. The molecule has 1 heterocycles. The summed E-state index contributed by atoms with van der Waals surface area (Å²) in [5.74, 6) is 0.594. The number of hydrogen-bond acceptors (Lipinski definition) is 1. The lowest BCUT2D eigenvalue weighted by molar-refractivity contribution is 0.387. The van der Waals surface area contributed by atoms with Crippen LogP contribution >= 0.6 is 0 Å². The highest BCUT2D eigenvalue weighted by Gasteiger charge is 2.04. The molecule has 0 bridgehead atoms. The van der Waals surface area contributed by atoms with Gasteiger partial charge in [-0.2, -0.15) is 0 Å². The lowest BCUT2D eigenvalue weighted by Crippen LogP contribution is -2.17. The Bertz CT molecular complexity index is 495. The second kappa shape index (κ2) is 4.92. The van der Waals surface area contributed by atoms with Crippen molar-refractivity contribution in [2.45, 2.75) is 26.3 Å². The highest BCUT2D eigenvalue weighted by Crippen LogP contribution is 2.22. The van der Waals surface area contributed by atoms with Gasteiger partial charge in [0.15, 0.2) is 0 Å². The van der Waals surface area contributed by atoms with Gasteiger partial charge >= 0.3 is 0 Å². The van der Waals surface area contributed by atoms with Crippen LogP contribution in [0.4, 0.5) is 0 Å². The second-order valence-electron chi connectivity index (χ2n) is 5.29. The minimum Gasteiger partial charge on any atom is -0.346 e. The van der Waals surface area contributed by atoms with Crippen molar-refractivity contribution in [3.63, 3.8) is 0 Å². The van der Waals surface area contributed by atoms with Gasteiger partial charge in [0, 0.05) is 24.8 Å². The van der Waals surface area contributed by atoms with Gasteiger partial charge in [0.1, 0.15) is 0 Å². The summed E-state index contributed by atoms with van der Waals surface area (Å²) in [6, 6.07) is 9.00. The molecule has 0 saturated heterocycles. The smallest absolute Gasteiger partial charge is 0.0483 e. The second-order valence-corrected chi connectivity index (χ2v) is 5.29. The molecule has 0 amide bonds. The number of hydrogen-bond donors (Lipinski definition) is 0. The molecule has 2 nitrogen and oxygen atoms in total. The summed E-state index contributed by atoms with van der Waals surface area (Å²) in [5.41, 5.74) is 2.78. The molecule has 1 aromatic carbocycles. The van der Waals surface area contributed by atoms with Crippen molar-refractivity contribution in [2.24, 2.45) is 0 Å². The number of fused-ring (bicyclic) bond motifs is 1. The molecule has 2 rings (SSSR count). The predicted octanol–water partition coefficient (Wildman–Crippen LogP) is 3.33. The Morgan fingerprint density at radius 3 is 2.59 bits per heavy atom. The van der Waals surface area contributed by atoms with Crippen molar-refractivity contribution in [2.75, 3.05) is 20.6 Å². The van der Waals surface area contributed by atoms with Gasteiger partial charge in [0.2, 0.25) is 0 Å². The van der Waals surface area contributed by atoms with Crippen molar-refractivity contribution >= 4 is 10.9 Å². The summed E-state index contributed by atoms with van der Waals surface area (Å²) in [7, 11) is 4.23. The Morgan fingerprint density at radius 1 is 1.18 bits per heavy atom. The number of rotatable bonds is 4. The van der Waals surface area contributed by atoms with Crippen LogP contribution in [0.1, 0.15) is 25.3 Å². The number of benzene rings is 1. The molecule has 0 spiro atoms. The minimum atomic E-state index is 0.594. The average molecular weight is 230 g/mol. The molecule has 0 unspecified atom stereocenters. The molecule has 0 saturated carbocycles. The van der Waals surface area contributed by atoms with E-state index in [2.05, 4.69) is 67.9 Å². The lowest BCUT2D eigenvalue weighted by atomic mass is 10.0. The number of likely N-dealkylation sites (N-methyl/N-ethyl adjacent to an activating group) is 1. The Labute approximate surface area is 104 Å². The quantitative estimate of drug-likeness (QED) is 0.782. The first-order chi connectivity index (χ1) is 8.08. The fourth-order valence-corrected chi connectivity index (χ4v) is 2.06. The van der Waals surface area contributed by atoms with E-state index in [1.54, 1.807) is 0 Å². The SMILES string of the molecule is CC(C)c1ccc2ccn(CCN(C)C)c2c1. The van der Waals surface area contributed by atoms with Crippen LogP contribution in [-0.4, -0.2) is 30.1 Å². The van der Waals surface area contributed by atoms with Crippen molar-refractivity contribution < 1.29 is 0 Å². The average Bonchev–Trinajstić information content (AvgIpc) is 2.68. The predicted molar refractivity (Wildman–Crippen MR) is 74.6 cm³/mol. The van der Waals surface area contributed by atoms with E-state index in [4.69, 9.17) is 0 Å². The van der Waals surface area contributed by atoms with Gasteiger partial charge in [-0.25, -0.2) is 0 Å². The summed E-state index contributed by atoms with van der Waals surface area (Å²) in [6.45, 7) is 6.62. The van der Waals surface area contributed by atoms with Gasteiger partial charge < -0.3 is 9.47 Å². The van der Waals surface area contributed by atoms with Crippen molar-refractivity contribution in [3.05, 3.63) is 36.0 Å². The first-order valence-corrected chi connectivity index (χ1v) is 6.31. The van der Waals surface area contributed by atoms with Gasteiger partial charge in [-0.05, 0) is 43.1 Å². The number of aromatic nitrogens is 1. The maximum absolute atomic E-state index is 2.35. The minimum absolute atomic E-state index is 0.594. The van der Waals surface area contributed by atoms with Gasteiger partial charge in [-0.3, -0.25) is 0 Å². The largest absolute Gasteiger partial charge is 0.346 e. The maximum atomic E-state index is 2.35. The summed E-state index contributed by atoms with van der Waals surface area (Å²) >= 11 is 0. The molecule has 92 valence electrons. The van der Waals surface area contributed by atoms with E-state index >= 15 is 0 Å². The molecule has 17 heavy (non-hydrogen) atoms. The summed E-state index contributed by atoms with van der Waals surface area (Å²) in [6.07, 6.45) is 2.19. The Kier molecular flexibility index (Phi) is 3.53. The Balaban J connectivity index is 2.33. The van der Waals surface area contributed by atoms with Crippen LogP contribution in [0, 0.1) is 0 Å². The lowest BCUT2D eigenvalue weighted by Gasteiger charge is -2.12. The van der Waals surface area contributed by atoms with Crippen LogP contribution in [0.3, 0.4) is 0 Å². The first kappa shape index (κ1) is 12.2. The third kappa shape index (κ3) is 2.70. The Hall–Kier alpha value is -1.28. The number of nitrogens with zero attached hydrogens (tertiary/aromatic N) is 2. The zero-order chi connectivity index (χ0) is 12.4. The van der Waals surface area contributed by atoms with Crippen LogP contribution < -0.4 is 0 Å². The van der Waals surface area contributed by atoms with Crippen LogP contribution in [0.25, 0.3) is 10.9 Å². The third-order valence-corrected chi connectivity index (χ3v) is 3.25. The highest BCUT2D eigenvalue weighted by atomic mass is 15.1. The van der Waals surface area contributed by atoms with E-state index in [-0.39, 0.29) is 0 Å². The molecule has 0 atom stereocenters. The molecule has 1 aromatic heterocycles. The van der Waals surface area contributed by atoms with E-state index in [9.17, 15) is 0 Å². The van der Waals surface area contributed by atoms with E-state index in [1.807, 2.05) is 0 Å². The summed E-state index contributed by atoms with van der Waals surface area (Å²) < 4.78 is 2.35. The zero-order valence-corrected chi connectivity index (χ0v) is 11.3. The van der Waals surface area contributed by atoms with E-state index in [0.29, 0.717) is 5.92 Å². The molecule has 0 fully saturated rings. The highest BCUT2D eigenvalue weighted by molar-refractivity contribution is 5.81. The molecule has 0 aliphatic carbocycles. The van der Waals surface area contributed by atoms with Crippen LogP contribution in [0.5, 0.6) is 0 Å². The van der Waals surface area contributed by atoms with Crippen molar-refractivity contribution in [1.82, 2.24) is 9.47 Å². The maximum Gasteiger partial charge on any atom is 0.0483 e. The van der Waals surface area contributed by atoms with Gasteiger partial charge in [0.25, 0.3) is 0 Å². The topological polar surface area (TPSA) is 8.17 Å². The van der Waals surface area contributed by atoms with Crippen LogP contribution in [0.2, 0.25) is 0 Å². The molecule has 0 aliphatic rings. The fraction of sp³-hybridized carbons (Fsp3) is 0.467. The standard InChI is InChI=1S/C15H22N2/c1-12(2)14-6-5-13-7-8-17(15(13)11-14)10-9-16(3)4/h5-8,11-12H,9-10H2,1-4H3.